The SMILES string of the molecule is NCc1cnc2c(n1)CCO2. The molecule has 0 amide bonds. The van der Waals surface area contributed by atoms with Crippen molar-refractivity contribution in [3.05, 3.63) is 17.6 Å². The predicted octanol–water partition coefficient (Wildman–Crippen LogP) is -0.130. The first kappa shape index (κ1) is 6.54. The molecule has 0 saturated heterocycles. The molecule has 0 fully saturated rings. The zero-order valence-electron chi connectivity index (χ0n) is 6.08. The Morgan fingerprint density at radius 1 is 1.64 bits per heavy atom. The first-order valence-electron chi connectivity index (χ1n) is 3.58. The molecule has 58 valence electrons. The number of nitrogens with two attached hydrogens (primary N) is 1. The van der Waals surface area contributed by atoms with Crippen molar-refractivity contribution in [3.63, 3.8) is 0 Å². The van der Waals surface area contributed by atoms with Crippen molar-refractivity contribution in [2.75, 3.05) is 6.61 Å². The molecule has 11 heavy (non-hydrogen) atoms. The van der Waals surface area contributed by atoms with Crippen LogP contribution in [0, 0.1) is 0 Å². The molecule has 0 aliphatic carbocycles. The maximum atomic E-state index is 5.40. The molecule has 2 rings (SSSR count). The second-order valence-electron chi connectivity index (χ2n) is 2.42. The van der Waals surface area contributed by atoms with Crippen LogP contribution < -0.4 is 10.5 Å². The van der Waals surface area contributed by atoms with Crippen LogP contribution in [0.5, 0.6) is 5.88 Å². The van der Waals surface area contributed by atoms with E-state index in [0.29, 0.717) is 19.0 Å². The highest BCUT2D eigenvalue weighted by Gasteiger charge is 2.14. The van der Waals surface area contributed by atoms with E-state index in [0.717, 1.165) is 17.8 Å². The molecule has 0 aromatic carbocycles. The van der Waals surface area contributed by atoms with Crippen LogP contribution >= 0.6 is 0 Å². The Morgan fingerprint density at radius 2 is 2.55 bits per heavy atom. The van der Waals surface area contributed by atoms with Crippen molar-refractivity contribution >= 4 is 0 Å². The van der Waals surface area contributed by atoms with Gasteiger partial charge in [0.15, 0.2) is 0 Å². The maximum Gasteiger partial charge on any atom is 0.235 e. The Kier molecular flexibility index (Phi) is 1.47. The summed E-state index contributed by atoms with van der Waals surface area (Å²) in [6, 6.07) is 0. The molecule has 1 aromatic heterocycles. The highest BCUT2D eigenvalue weighted by Crippen LogP contribution is 2.19. The molecular formula is C7H9N3O. The van der Waals surface area contributed by atoms with E-state index in [9.17, 15) is 0 Å². The fourth-order valence-corrected chi connectivity index (χ4v) is 1.08. The van der Waals surface area contributed by atoms with Gasteiger partial charge < -0.3 is 10.5 Å². The number of aromatic nitrogens is 2. The molecule has 0 radical (unpaired) electrons. The van der Waals surface area contributed by atoms with E-state index in [4.69, 9.17) is 10.5 Å². The van der Waals surface area contributed by atoms with Gasteiger partial charge in [0, 0.05) is 13.0 Å². The van der Waals surface area contributed by atoms with Crippen LogP contribution in [0.1, 0.15) is 11.4 Å². The van der Waals surface area contributed by atoms with E-state index in [1.165, 1.54) is 0 Å². The van der Waals surface area contributed by atoms with Crippen molar-refractivity contribution < 1.29 is 4.74 Å². The lowest BCUT2D eigenvalue weighted by Crippen LogP contribution is -2.01. The van der Waals surface area contributed by atoms with Crippen LogP contribution in [0.15, 0.2) is 6.20 Å². The molecule has 4 heteroatoms. The van der Waals surface area contributed by atoms with Crippen LogP contribution in [0.3, 0.4) is 0 Å². The number of rotatable bonds is 1. The molecule has 1 aliphatic rings. The average Bonchev–Trinajstić information content (AvgIpc) is 2.50. The summed E-state index contributed by atoms with van der Waals surface area (Å²) in [5, 5.41) is 0. The van der Waals surface area contributed by atoms with E-state index in [-0.39, 0.29) is 0 Å². The van der Waals surface area contributed by atoms with Gasteiger partial charge in [-0.1, -0.05) is 0 Å². The summed E-state index contributed by atoms with van der Waals surface area (Å²) in [6.45, 7) is 1.14. The summed E-state index contributed by atoms with van der Waals surface area (Å²) in [4.78, 5) is 8.32. The molecule has 2 N–H and O–H groups in total. The van der Waals surface area contributed by atoms with E-state index in [1.54, 1.807) is 6.20 Å². The minimum absolute atomic E-state index is 0.445. The van der Waals surface area contributed by atoms with Gasteiger partial charge in [0.1, 0.15) is 5.69 Å². The summed E-state index contributed by atoms with van der Waals surface area (Å²) in [7, 11) is 0. The topological polar surface area (TPSA) is 61.0 Å². The van der Waals surface area contributed by atoms with E-state index < -0.39 is 0 Å². The first-order valence-corrected chi connectivity index (χ1v) is 3.58. The molecule has 0 saturated carbocycles. The van der Waals surface area contributed by atoms with Crippen LogP contribution in [-0.2, 0) is 13.0 Å². The lowest BCUT2D eigenvalue weighted by atomic mass is 10.3. The van der Waals surface area contributed by atoms with Crippen molar-refractivity contribution in [2.24, 2.45) is 5.73 Å². The second-order valence-corrected chi connectivity index (χ2v) is 2.42. The van der Waals surface area contributed by atoms with Crippen LogP contribution in [0.2, 0.25) is 0 Å². The number of nitrogens with zero attached hydrogens (tertiary/aromatic N) is 2. The predicted molar refractivity (Wildman–Crippen MR) is 39.1 cm³/mol. The van der Waals surface area contributed by atoms with Crippen LogP contribution in [0.4, 0.5) is 0 Å². The van der Waals surface area contributed by atoms with Crippen LogP contribution in [0.25, 0.3) is 0 Å². The third-order valence-corrected chi connectivity index (χ3v) is 1.64. The number of hydrogen-bond acceptors (Lipinski definition) is 4. The Balaban J connectivity index is 2.41. The molecule has 1 aliphatic heterocycles. The van der Waals surface area contributed by atoms with Gasteiger partial charge in [-0.25, -0.2) is 9.97 Å². The number of hydrogen-bond donors (Lipinski definition) is 1. The fraction of sp³-hybridized carbons (Fsp3) is 0.429. The number of fused-ring (bicyclic) bond motifs is 1. The van der Waals surface area contributed by atoms with Crippen molar-refractivity contribution in [2.45, 2.75) is 13.0 Å². The molecule has 0 spiro atoms. The van der Waals surface area contributed by atoms with Gasteiger partial charge in [-0.3, -0.25) is 0 Å². The third-order valence-electron chi connectivity index (χ3n) is 1.64. The molecule has 0 bridgehead atoms. The number of ether oxygens (including phenoxy) is 1. The Morgan fingerprint density at radius 3 is 3.36 bits per heavy atom. The highest BCUT2D eigenvalue weighted by molar-refractivity contribution is 5.23. The van der Waals surface area contributed by atoms with E-state index in [2.05, 4.69) is 9.97 Å². The molecule has 0 atom stereocenters. The summed E-state index contributed by atoms with van der Waals surface area (Å²) in [6.07, 6.45) is 2.51. The summed E-state index contributed by atoms with van der Waals surface area (Å²) in [5.41, 5.74) is 7.17. The van der Waals surface area contributed by atoms with Gasteiger partial charge in [-0.05, 0) is 0 Å². The minimum Gasteiger partial charge on any atom is -0.476 e. The lowest BCUT2D eigenvalue weighted by Gasteiger charge is -1.97. The third kappa shape index (κ3) is 1.05. The maximum absolute atomic E-state index is 5.40. The smallest absolute Gasteiger partial charge is 0.235 e. The standard InChI is InChI=1S/C7H9N3O/c8-3-5-4-9-7-6(10-5)1-2-11-7/h4H,1-3,8H2. The fourth-order valence-electron chi connectivity index (χ4n) is 1.08. The first-order chi connectivity index (χ1) is 5.40. The quantitative estimate of drug-likeness (QED) is 0.607. The molecule has 0 unspecified atom stereocenters. The summed E-state index contributed by atoms with van der Waals surface area (Å²) >= 11 is 0. The molecular weight excluding hydrogens is 142 g/mol. The zero-order chi connectivity index (χ0) is 7.68. The lowest BCUT2D eigenvalue weighted by molar-refractivity contribution is 0.344. The van der Waals surface area contributed by atoms with Crippen molar-refractivity contribution in [1.29, 1.82) is 0 Å². The average molecular weight is 151 g/mol. The molecule has 2 heterocycles. The Bertz CT molecular complexity index is 274. The molecule has 1 aromatic rings. The van der Waals surface area contributed by atoms with Gasteiger partial charge in [-0.15, -0.1) is 0 Å². The second kappa shape index (κ2) is 2.47. The van der Waals surface area contributed by atoms with Gasteiger partial charge in [0.05, 0.1) is 18.5 Å². The van der Waals surface area contributed by atoms with Crippen molar-refractivity contribution in [1.82, 2.24) is 9.97 Å². The van der Waals surface area contributed by atoms with Gasteiger partial charge in [0.25, 0.3) is 0 Å². The summed E-state index contributed by atoms with van der Waals surface area (Å²) < 4.78 is 5.18. The highest BCUT2D eigenvalue weighted by atomic mass is 16.5. The monoisotopic (exact) mass is 151 g/mol. The zero-order valence-corrected chi connectivity index (χ0v) is 6.08. The normalized spacial score (nSPS) is 14.3. The van der Waals surface area contributed by atoms with Crippen LogP contribution in [-0.4, -0.2) is 16.6 Å². The molecule has 4 nitrogen and oxygen atoms in total. The minimum atomic E-state index is 0.445. The Labute approximate surface area is 64.4 Å². The Hall–Kier alpha value is -1.16. The van der Waals surface area contributed by atoms with E-state index in [1.807, 2.05) is 0 Å². The van der Waals surface area contributed by atoms with Crippen molar-refractivity contribution in [3.8, 4) is 5.88 Å². The van der Waals surface area contributed by atoms with Gasteiger partial charge >= 0.3 is 0 Å². The summed E-state index contributed by atoms with van der Waals surface area (Å²) in [5.74, 6) is 0.669. The van der Waals surface area contributed by atoms with Gasteiger partial charge in [-0.2, -0.15) is 0 Å². The largest absolute Gasteiger partial charge is 0.476 e. The van der Waals surface area contributed by atoms with E-state index >= 15 is 0 Å². The van der Waals surface area contributed by atoms with Gasteiger partial charge in [0.2, 0.25) is 5.88 Å².